The van der Waals surface area contributed by atoms with Gasteiger partial charge in [-0.05, 0) is 105 Å². The van der Waals surface area contributed by atoms with Crippen LogP contribution in [0.1, 0.15) is 65.3 Å². The van der Waals surface area contributed by atoms with E-state index in [-0.39, 0.29) is 11.8 Å². The molecule has 1 heterocycles. The van der Waals surface area contributed by atoms with Gasteiger partial charge in [0.15, 0.2) is 0 Å². The molecule has 3 aliphatic carbocycles. The molecule has 1 fully saturated rings. The maximum absolute atomic E-state index is 2.70. The SMILES string of the molecule is C1=CC2=C(c3ccccc3)c3ccccc3C(c3ccc4c(c3)C3CCCCC3N4c3ccc(N(c4cccc5ccccc45)c4cccc5ccccc45)cc3)C2C=C1. The Bertz CT molecular complexity index is 2940. The molecule has 0 bridgehead atoms. The van der Waals surface area contributed by atoms with Gasteiger partial charge in [-0.1, -0.05) is 177 Å². The summed E-state index contributed by atoms with van der Waals surface area (Å²) in [6.45, 7) is 0. The highest BCUT2D eigenvalue weighted by molar-refractivity contribution is 6.04. The van der Waals surface area contributed by atoms with Gasteiger partial charge in [0.1, 0.15) is 0 Å². The molecule has 60 heavy (non-hydrogen) atoms. The Morgan fingerprint density at radius 3 is 1.97 bits per heavy atom. The fourth-order valence-corrected chi connectivity index (χ4v) is 11.3. The molecular formula is C58H46N2. The fraction of sp³-hybridized carbons (Fsp3) is 0.138. The van der Waals surface area contributed by atoms with Gasteiger partial charge in [-0.3, -0.25) is 0 Å². The van der Waals surface area contributed by atoms with Crippen LogP contribution in [0.3, 0.4) is 0 Å². The molecule has 2 nitrogen and oxygen atoms in total. The second-order valence-electron chi connectivity index (χ2n) is 17.0. The van der Waals surface area contributed by atoms with Crippen LogP contribution in [0.2, 0.25) is 0 Å². The van der Waals surface area contributed by atoms with Crippen LogP contribution in [0, 0.1) is 5.92 Å². The fourth-order valence-electron chi connectivity index (χ4n) is 11.3. The molecule has 12 rings (SSSR count). The lowest BCUT2D eigenvalue weighted by molar-refractivity contribution is 0.402. The summed E-state index contributed by atoms with van der Waals surface area (Å²) >= 11 is 0. The predicted molar refractivity (Wildman–Crippen MR) is 252 cm³/mol. The minimum absolute atomic E-state index is 0.250. The first kappa shape index (κ1) is 35.1. The van der Waals surface area contributed by atoms with Gasteiger partial charge in [0.25, 0.3) is 0 Å². The Hall–Kier alpha value is -6.90. The summed E-state index contributed by atoms with van der Waals surface area (Å²) < 4.78 is 0. The third-order valence-electron chi connectivity index (χ3n) is 13.9. The third-order valence-corrected chi connectivity index (χ3v) is 13.9. The highest BCUT2D eigenvalue weighted by Gasteiger charge is 2.42. The summed E-state index contributed by atoms with van der Waals surface area (Å²) in [6, 6.07) is 68.5. The van der Waals surface area contributed by atoms with E-state index in [4.69, 9.17) is 0 Å². The second kappa shape index (κ2) is 14.4. The van der Waals surface area contributed by atoms with Crippen molar-refractivity contribution in [3.05, 3.63) is 240 Å². The minimum atomic E-state index is 0.250. The van der Waals surface area contributed by atoms with Crippen molar-refractivity contribution in [1.29, 1.82) is 0 Å². The molecular weight excluding hydrogens is 725 g/mol. The maximum atomic E-state index is 2.70. The summed E-state index contributed by atoms with van der Waals surface area (Å²) in [4.78, 5) is 5.16. The zero-order valence-corrected chi connectivity index (χ0v) is 33.7. The first-order chi connectivity index (χ1) is 29.8. The molecule has 4 atom stereocenters. The number of allylic oxidation sites excluding steroid dienone is 5. The van der Waals surface area contributed by atoms with E-state index < -0.39 is 0 Å². The van der Waals surface area contributed by atoms with Crippen molar-refractivity contribution in [2.75, 3.05) is 9.80 Å². The highest BCUT2D eigenvalue weighted by atomic mass is 15.2. The van der Waals surface area contributed by atoms with E-state index in [1.54, 1.807) is 0 Å². The van der Waals surface area contributed by atoms with Gasteiger partial charge < -0.3 is 9.80 Å². The van der Waals surface area contributed by atoms with Gasteiger partial charge in [0.05, 0.1) is 11.4 Å². The lowest BCUT2D eigenvalue weighted by atomic mass is 9.66. The van der Waals surface area contributed by atoms with Crippen LogP contribution >= 0.6 is 0 Å². The number of nitrogens with zero attached hydrogens (tertiary/aromatic N) is 2. The van der Waals surface area contributed by atoms with E-state index >= 15 is 0 Å². The van der Waals surface area contributed by atoms with Crippen molar-refractivity contribution in [2.45, 2.75) is 43.6 Å². The smallest absolute Gasteiger partial charge is 0.0540 e. The topological polar surface area (TPSA) is 6.48 Å². The summed E-state index contributed by atoms with van der Waals surface area (Å²) in [7, 11) is 0. The normalized spacial score (nSPS) is 20.2. The molecule has 0 spiro atoms. The average molecular weight is 771 g/mol. The van der Waals surface area contributed by atoms with E-state index in [0.29, 0.717) is 12.0 Å². The van der Waals surface area contributed by atoms with Gasteiger partial charge in [-0.2, -0.15) is 0 Å². The first-order valence-electron chi connectivity index (χ1n) is 21.8. The third kappa shape index (κ3) is 5.62. The molecule has 0 amide bonds. The lowest BCUT2D eigenvalue weighted by Gasteiger charge is -2.37. The number of rotatable bonds is 6. The van der Waals surface area contributed by atoms with Crippen LogP contribution in [-0.2, 0) is 0 Å². The molecule has 0 N–H and O–H groups in total. The molecule has 4 unspecified atom stereocenters. The molecule has 8 aromatic carbocycles. The van der Waals surface area contributed by atoms with Crippen LogP contribution in [0.4, 0.5) is 28.4 Å². The average Bonchev–Trinajstić information content (AvgIpc) is 3.65. The zero-order chi connectivity index (χ0) is 39.6. The summed E-state index contributed by atoms with van der Waals surface area (Å²) in [5, 5.41) is 4.96. The van der Waals surface area contributed by atoms with E-state index in [2.05, 4.69) is 216 Å². The quantitative estimate of drug-likeness (QED) is 0.166. The Morgan fingerprint density at radius 2 is 1.20 bits per heavy atom. The summed E-state index contributed by atoms with van der Waals surface area (Å²) in [5.41, 5.74) is 16.0. The molecule has 0 saturated heterocycles. The number of anilines is 5. The number of benzene rings is 8. The van der Waals surface area contributed by atoms with Crippen molar-refractivity contribution in [1.82, 2.24) is 0 Å². The van der Waals surface area contributed by atoms with Crippen molar-refractivity contribution in [3.63, 3.8) is 0 Å². The van der Waals surface area contributed by atoms with Crippen LogP contribution < -0.4 is 9.80 Å². The van der Waals surface area contributed by atoms with E-state index in [0.717, 1.165) is 5.69 Å². The largest absolute Gasteiger partial charge is 0.338 e. The standard InChI is InChI=1S/C58H46N2/c1-2-18-41(19-3-1)57-48-25-8-10-27-50(48)58(51-28-11-9-26-49(51)57)42-32-37-56-52(38-42)47-24-12-13-29-55(47)60(56)44-35-33-43(34-36-44)59(53-30-14-20-39-16-4-6-22-45(39)53)54-31-15-21-40-17-5-7-23-46(40)54/h1-11,14-23,25-28,30-38,47,50,55,58H,12-13,24,29H2. The lowest BCUT2D eigenvalue weighted by Crippen LogP contribution is -2.32. The summed E-state index contributed by atoms with van der Waals surface area (Å²) in [5.74, 6) is 1.04. The van der Waals surface area contributed by atoms with E-state index in [1.807, 2.05) is 0 Å². The molecule has 1 saturated carbocycles. The highest BCUT2D eigenvalue weighted by Crippen LogP contribution is 2.55. The maximum Gasteiger partial charge on any atom is 0.0540 e. The zero-order valence-electron chi connectivity index (χ0n) is 33.7. The van der Waals surface area contributed by atoms with Gasteiger partial charge in [0, 0.05) is 51.6 Å². The van der Waals surface area contributed by atoms with Crippen LogP contribution in [0.5, 0.6) is 0 Å². The van der Waals surface area contributed by atoms with Crippen molar-refractivity contribution >= 4 is 55.6 Å². The number of hydrogen-bond donors (Lipinski definition) is 0. The molecule has 1 aliphatic heterocycles. The first-order valence-corrected chi connectivity index (χ1v) is 21.8. The van der Waals surface area contributed by atoms with Crippen molar-refractivity contribution in [2.24, 2.45) is 5.92 Å². The van der Waals surface area contributed by atoms with Gasteiger partial charge in [0.2, 0.25) is 0 Å². The van der Waals surface area contributed by atoms with Crippen molar-refractivity contribution in [3.8, 4) is 0 Å². The van der Waals surface area contributed by atoms with E-state index in [9.17, 15) is 0 Å². The molecule has 4 aliphatic rings. The van der Waals surface area contributed by atoms with E-state index in [1.165, 1.54) is 109 Å². The Labute approximate surface area is 353 Å². The van der Waals surface area contributed by atoms with Gasteiger partial charge >= 0.3 is 0 Å². The minimum Gasteiger partial charge on any atom is -0.338 e. The van der Waals surface area contributed by atoms with Gasteiger partial charge in [-0.25, -0.2) is 0 Å². The predicted octanol–water partition coefficient (Wildman–Crippen LogP) is 15.3. The van der Waals surface area contributed by atoms with Crippen LogP contribution in [0.25, 0.3) is 27.1 Å². The Balaban J connectivity index is 0.957. The molecule has 288 valence electrons. The van der Waals surface area contributed by atoms with Crippen LogP contribution in [0.15, 0.2) is 212 Å². The number of hydrogen-bond acceptors (Lipinski definition) is 2. The number of fused-ring (bicyclic) bond motifs is 7. The molecule has 2 heteroatoms. The second-order valence-corrected chi connectivity index (χ2v) is 17.0. The molecule has 8 aromatic rings. The van der Waals surface area contributed by atoms with Crippen LogP contribution in [-0.4, -0.2) is 6.04 Å². The monoisotopic (exact) mass is 770 g/mol. The van der Waals surface area contributed by atoms with Gasteiger partial charge in [-0.15, -0.1) is 0 Å². The molecule has 0 aromatic heterocycles. The Morgan fingerprint density at radius 1 is 0.533 bits per heavy atom. The Kier molecular flexibility index (Phi) is 8.44. The summed E-state index contributed by atoms with van der Waals surface area (Å²) in [6.07, 6.45) is 14.3. The van der Waals surface area contributed by atoms with Crippen molar-refractivity contribution < 1.29 is 0 Å². The molecule has 0 radical (unpaired) electrons.